The Hall–Kier alpha value is -0.220. The van der Waals surface area contributed by atoms with E-state index in [4.69, 9.17) is 4.74 Å². The highest BCUT2D eigenvalue weighted by atomic mass is 79.9. The number of pyridine rings is 1. The molecule has 0 radical (unpaired) electrons. The van der Waals surface area contributed by atoms with Crippen LogP contribution in [0.3, 0.4) is 0 Å². The maximum Gasteiger partial charge on any atom is 0.152 e. The third-order valence-electron chi connectivity index (χ3n) is 1.20. The summed E-state index contributed by atoms with van der Waals surface area (Å²) >= 11 is 4.89. The van der Waals surface area contributed by atoms with E-state index in [1.54, 1.807) is 25.1 Å². The number of hydrogen-bond acceptors (Lipinski definition) is 3. The van der Waals surface area contributed by atoms with Gasteiger partial charge in [0.2, 0.25) is 0 Å². The molecule has 11 heavy (non-hydrogen) atoms. The highest BCUT2D eigenvalue weighted by Gasteiger charge is 2.02. The highest BCUT2D eigenvalue weighted by molar-refractivity contribution is 9.10. The molecule has 0 aliphatic rings. The van der Waals surface area contributed by atoms with Gasteiger partial charge in [-0.05, 0) is 28.3 Å². The maximum absolute atomic E-state index is 5.10. The molecule has 0 aliphatic heterocycles. The molecule has 0 atom stereocenters. The minimum Gasteiger partial charge on any atom is -0.494 e. The van der Waals surface area contributed by atoms with Crippen molar-refractivity contribution >= 4 is 27.7 Å². The van der Waals surface area contributed by atoms with Gasteiger partial charge in [-0.2, -0.15) is 0 Å². The molecule has 0 bridgehead atoms. The number of hydrogen-bond donors (Lipinski definition) is 0. The quantitative estimate of drug-likeness (QED) is 0.734. The van der Waals surface area contributed by atoms with Gasteiger partial charge in [-0.1, -0.05) is 0 Å². The summed E-state index contributed by atoms with van der Waals surface area (Å²) in [5, 5.41) is 0.913. The van der Waals surface area contributed by atoms with Crippen LogP contribution in [0.2, 0.25) is 0 Å². The summed E-state index contributed by atoms with van der Waals surface area (Å²) in [5.74, 6) is 0.812. The van der Waals surface area contributed by atoms with Crippen LogP contribution in [0.25, 0.3) is 0 Å². The summed E-state index contributed by atoms with van der Waals surface area (Å²) in [6.45, 7) is 0. The Morgan fingerprint density at radius 2 is 2.36 bits per heavy atom. The molecule has 0 amide bonds. The molecule has 1 aromatic rings. The Bertz CT molecular complexity index is 254. The molecule has 0 unspecified atom stereocenters. The van der Waals surface area contributed by atoms with E-state index < -0.39 is 0 Å². The second kappa shape index (κ2) is 3.97. The van der Waals surface area contributed by atoms with E-state index >= 15 is 0 Å². The Morgan fingerprint density at radius 3 is 2.91 bits per heavy atom. The molecule has 0 aromatic carbocycles. The molecule has 60 valence electrons. The molecule has 1 aromatic heterocycles. The van der Waals surface area contributed by atoms with Crippen molar-refractivity contribution in [2.45, 2.75) is 5.03 Å². The third kappa shape index (κ3) is 2.10. The lowest BCUT2D eigenvalue weighted by molar-refractivity contribution is 0.400. The van der Waals surface area contributed by atoms with Crippen molar-refractivity contribution in [2.75, 3.05) is 13.4 Å². The van der Waals surface area contributed by atoms with E-state index in [9.17, 15) is 0 Å². The van der Waals surface area contributed by atoms with Gasteiger partial charge in [0, 0.05) is 10.7 Å². The van der Waals surface area contributed by atoms with E-state index in [2.05, 4.69) is 20.9 Å². The van der Waals surface area contributed by atoms with Gasteiger partial charge in [0.1, 0.15) is 5.03 Å². The van der Waals surface area contributed by atoms with Gasteiger partial charge in [0.15, 0.2) is 5.75 Å². The van der Waals surface area contributed by atoms with Crippen molar-refractivity contribution in [3.8, 4) is 5.75 Å². The van der Waals surface area contributed by atoms with Crippen LogP contribution in [0, 0.1) is 0 Å². The fraction of sp³-hybridized carbons (Fsp3) is 0.286. The first-order valence-electron chi connectivity index (χ1n) is 3.01. The Kier molecular flexibility index (Phi) is 3.20. The van der Waals surface area contributed by atoms with Crippen LogP contribution >= 0.6 is 27.7 Å². The predicted octanol–water partition coefficient (Wildman–Crippen LogP) is 2.57. The summed E-state index contributed by atoms with van der Waals surface area (Å²) in [5.41, 5.74) is 0. The first kappa shape index (κ1) is 8.87. The standard InChI is InChI=1S/C7H8BrNOS/c1-10-6-3-5(8)4-9-7(6)11-2/h3-4H,1-2H3. The van der Waals surface area contributed by atoms with Crippen molar-refractivity contribution in [2.24, 2.45) is 0 Å². The number of ether oxygens (including phenoxy) is 1. The van der Waals surface area contributed by atoms with Gasteiger partial charge >= 0.3 is 0 Å². The lowest BCUT2D eigenvalue weighted by atomic mass is 10.5. The first-order valence-corrected chi connectivity index (χ1v) is 5.03. The lowest BCUT2D eigenvalue weighted by Crippen LogP contribution is -1.88. The molecule has 0 aliphatic carbocycles. The largest absolute Gasteiger partial charge is 0.494 e. The topological polar surface area (TPSA) is 22.1 Å². The van der Waals surface area contributed by atoms with Crippen LogP contribution in [0.1, 0.15) is 0 Å². The molecule has 0 fully saturated rings. The third-order valence-corrected chi connectivity index (χ3v) is 2.33. The number of rotatable bonds is 2. The zero-order valence-corrected chi connectivity index (χ0v) is 8.70. The predicted molar refractivity (Wildman–Crippen MR) is 50.3 cm³/mol. The number of thioether (sulfide) groups is 1. The minimum atomic E-state index is 0.812. The summed E-state index contributed by atoms with van der Waals surface area (Å²) in [4.78, 5) is 4.16. The zero-order chi connectivity index (χ0) is 8.27. The van der Waals surface area contributed by atoms with Crippen LogP contribution in [0.5, 0.6) is 5.75 Å². The van der Waals surface area contributed by atoms with Gasteiger partial charge in [-0.15, -0.1) is 11.8 Å². The van der Waals surface area contributed by atoms with Gasteiger partial charge in [0.25, 0.3) is 0 Å². The molecule has 1 rings (SSSR count). The van der Waals surface area contributed by atoms with Gasteiger partial charge in [-0.25, -0.2) is 4.98 Å². The van der Waals surface area contributed by atoms with Crippen molar-refractivity contribution in [1.29, 1.82) is 0 Å². The molecule has 2 nitrogen and oxygen atoms in total. The normalized spacial score (nSPS) is 9.73. The van der Waals surface area contributed by atoms with Crippen molar-refractivity contribution in [3.05, 3.63) is 16.7 Å². The van der Waals surface area contributed by atoms with Crippen molar-refractivity contribution in [3.63, 3.8) is 0 Å². The number of methoxy groups -OCH3 is 1. The van der Waals surface area contributed by atoms with Crippen LogP contribution < -0.4 is 4.74 Å². The molecule has 0 saturated carbocycles. The summed E-state index contributed by atoms with van der Waals surface area (Å²) in [6.07, 6.45) is 3.73. The van der Waals surface area contributed by atoms with Crippen LogP contribution in [0.4, 0.5) is 0 Å². The minimum absolute atomic E-state index is 0.812. The SMILES string of the molecule is COc1cc(Br)cnc1SC. The molecule has 0 spiro atoms. The maximum atomic E-state index is 5.10. The number of halogens is 1. The second-order valence-corrected chi connectivity index (χ2v) is 3.58. The monoisotopic (exact) mass is 233 g/mol. The van der Waals surface area contributed by atoms with Crippen LogP contribution in [-0.4, -0.2) is 18.3 Å². The smallest absolute Gasteiger partial charge is 0.152 e. The summed E-state index contributed by atoms with van der Waals surface area (Å²) < 4.78 is 6.04. The van der Waals surface area contributed by atoms with Crippen LogP contribution in [-0.2, 0) is 0 Å². The molecule has 1 heterocycles. The van der Waals surface area contributed by atoms with Gasteiger partial charge < -0.3 is 4.74 Å². The highest BCUT2D eigenvalue weighted by Crippen LogP contribution is 2.27. The number of nitrogens with zero attached hydrogens (tertiary/aromatic N) is 1. The van der Waals surface area contributed by atoms with E-state index in [-0.39, 0.29) is 0 Å². The zero-order valence-electron chi connectivity index (χ0n) is 6.30. The number of aromatic nitrogens is 1. The summed E-state index contributed by atoms with van der Waals surface area (Å²) in [6, 6.07) is 1.90. The fourth-order valence-electron chi connectivity index (χ4n) is 0.708. The van der Waals surface area contributed by atoms with Gasteiger partial charge in [0.05, 0.1) is 7.11 Å². The molecular weight excluding hydrogens is 226 g/mol. The van der Waals surface area contributed by atoms with E-state index in [1.807, 2.05) is 12.3 Å². The van der Waals surface area contributed by atoms with Crippen LogP contribution in [0.15, 0.2) is 21.8 Å². The Balaban J connectivity index is 3.06. The van der Waals surface area contributed by atoms with E-state index in [1.165, 1.54) is 0 Å². The average molecular weight is 234 g/mol. The summed E-state index contributed by atoms with van der Waals surface area (Å²) in [7, 11) is 1.64. The fourth-order valence-corrected chi connectivity index (χ4v) is 1.52. The lowest BCUT2D eigenvalue weighted by Gasteiger charge is -2.03. The Morgan fingerprint density at radius 1 is 1.64 bits per heavy atom. The molecule has 0 N–H and O–H groups in total. The first-order chi connectivity index (χ1) is 5.27. The molecular formula is C7H8BrNOS. The van der Waals surface area contributed by atoms with Gasteiger partial charge in [-0.3, -0.25) is 0 Å². The van der Waals surface area contributed by atoms with E-state index in [0.29, 0.717) is 0 Å². The molecule has 4 heteroatoms. The Labute approximate surface area is 78.5 Å². The van der Waals surface area contributed by atoms with Crippen molar-refractivity contribution < 1.29 is 4.74 Å². The van der Waals surface area contributed by atoms with Crippen molar-refractivity contribution in [1.82, 2.24) is 4.98 Å². The average Bonchev–Trinajstić information content (AvgIpc) is 2.04. The molecule has 0 saturated heterocycles. The van der Waals surface area contributed by atoms with E-state index in [0.717, 1.165) is 15.2 Å². The second-order valence-electron chi connectivity index (χ2n) is 1.87.